The van der Waals surface area contributed by atoms with E-state index in [1.165, 1.54) is 16.8 Å². The number of rotatable bonds is 5. The van der Waals surface area contributed by atoms with E-state index in [1.54, 1.807) is 35.4 Å². The van der Waals surface area contributed by atoms with Crippen molar-refractivity contribution in [1.82, 2.24) is 33.6 Å². The predicted octanol–water partition coefficient (Wildman–Crippen LogP) is 4.97. The summed E-state index contributed by atoms with van der Waals surface area (Å²) in [6.07, 6.45) is 2.40. The molecule has 8 nitrogen and oxygen atoms in total. The topological polar surface area (TPSA) is 73.2 Å². The van der Waals surface area contributed by atoms with E-state index < -0.39 is 17.4 Å². The highest BCUT2D eigenvalue weighted by Crippen LogP contribution is 2.51. The van der Waals surface area contributed by atoms with Crippen molar-refractivity contribution in [3.8, 4) is 5.69 Å². The van der Waals surface area contributed by atoms with Crippen LogP contribution in [0.2, 0.25) is 0 Å². The number of hydrogen-bond acceptors (Lipinski definition) is 6. The molecule has 0 radical (unpaired) electrons. The summed E-state index contributed by atoms with van der Waals surface area (Å²) in [7, 11) is 1.91. The van der Waals surface area contributed by atoms with Gasteiger partial charge in [-0.05, 0) is 48.1 Å². The van der Waals surface area contributed by atoms with Gasteiger partial charge >= 0.3 is 11.9 Å². The molecule has 0 bridgehead atoms. The number of hydrogen-bond donors (Lipinski definition) is 0. The molecule has 0 amide bonds. The molecule has 5 heterocycles. The Morgan fingerprint density at radius 3 is 2.73 bits per heavy atom. The normalized spacial score (nSPS) is 21.2. The van der Waals surface area contributed by atoms with Crippen LogP contribution >= 0.6 is 11.3 Å². The van der Waals surface area contributed by atoms with Crippen LogP contribution in [0.5, 0.6) is 0 Å². The van der Waals surface area contributed by atoms with Crippen molar-refractivity contribution < 1.29 is 13.2 Å². The highest BCUT2D eigenvalue weighted by atomic mass is 32.1. The Labute approximate surface area is 237 Å². The van der Waals surface area contributed by atoms with Crippen LogP contribution in [0.1, 0.15) is 52.9 Å². The molecule has 4 aromatic heterocycles. The first kappa shape index (κ1) is 26.1. The third kappa shape index (κ3) is 4.31. The zero-order valence-corrected chi connectivity index (χ0v) is 23.4. The van der Waals surface area contributed by atoms with Gasteiger partial charge in [0.1, 0.15) is 12.2 Å². The fraction of sp³-hybridized carbons (Fsp3) is 0.379. The maximum absolute atomic E-state index is 14.3. The summed E-state index contributed by atoms with van der Waals surface area (Å²) in [6.45, 7) is 3.82. The van der Waals surface area contributed by atoms with Gasteiger partial charge in [-0.3, -0.25) is 13.9 Å². The van der Waals surface area contributed by atoms with E-state index in [1.807, 2.05) is 29.8 Å². The number of benzene rings is 1. The summed E-state index contributed by atoms with van der Waals surface area (Å²) in [5, 5.41) is 8.47. The van der Waals surface area contributed by atoms with E-state index in [4.69, 9.17) is 0 Å². The highest BCUT2D eigenvalue weighted by molar-refractivity contribution is 7.09. The molecule has 0 spiro atoms. The van der Waals surface area contributed by atoms with E-state index in [0.717, 1.165) is 45.6 Å². The van der Waals surface area contributed by atoms with Crippen molar-refractivity contribution >= 4 is 16.9 Å². The fourth-order valence-corrected chi connectivity index (χ4v) is 7.51. The van der Waals surface area contributed by atoms with Gasteiger partial charge in [-0.1, -0.05) is 19.1 Å². The average molecular weight is 580 g/mol. The molecule has 0 N–H and O–H groups in total. The predicted molar refractivity (Wildman–Crippen MR) is 148 cm³/mol. The minimum absolute atomic E-state index is 0.166. The second kappa shape index (κ2) is 9.38. The Morgan fingerprint density at radius 2 is 2.00 bits per heavy atom. The molecule has 41 heavy (non-hydrogen) atoms. The maximum Gasteiger partial charge on any atom is 0.418 e. The van der Waals surface area contributed by atoms with Crippen LogP contribution in [0, 0.1) is 5.92 Å². The molecular weight excluding hydrogens is 551 g/mol. The van der Waals surface area contributed by atoms with Crippen LogP contribution in [0.25, 0.3) is 11.2 Å². The molecule has 12 heteroatoms. The van der Waals surface area contributed by atoms with E-state index in [2.05, 4.69) is 27.0 Å². The molecule has 0 unspecified atom stereocenters. The smallest absolute Gasteiger partial charge is 0.320 e. The SMILES string of the molecule is CC1CC(c2cccc(-n3cc4c(C(F)(F)F)cc(CN5CCc6ncsc6C5)cn4c3=O)c2)(c2nncn2C)C1. The third-order valence-corrected chi connectivity index (χ3v) is 9.36. The van der Waals surface area contributed by atoms with Crippen molar-refractivity contribution in [2.45, 2.75) is 50.9 Å². The molecule has 2 aliphatic rings. The Morgan fingerprint density at radius 1 is 1.17 bits per heavy atom. The number of imidazole rings is 1. The number of pyridine rings is 1. The van der Waals surface area contributed by atoms with Gasteiger partial charge in [-0.25, -0.2) is 9.78 Å². The first-order valence-electron chi connectivity index (χ1n) is 13.6. The summed E-state index contributed by atoms with van der Waals surface area (Å²) in [6, 6.07) is 8.68. The number of aryl methyl sites for hydroxylation is 1. The number of alkyl halides is 3. The second-order valence-corrected chi connectivity index (χ2v) is 12.3. The lowest BCUT2D eigenvalue weighted by atomic mass is 9.58. The molecule has 0 saturated heterocycles. The second-order valence-electron chi connectivity index (χ2n) is 11.4. The molecule has 1 saturated carbocycles. The summed E-state index contributed by atoms with van der Waals surface area (Å²) in [5.74, 6) is 1.33. The molecule has 212 valence electrons. The van der Waals surface area contributed by atoms with Crippen molar-refractivity contribution in [3.05, 3.63) is 98.1 Å². The van der Waals surface area contributed by atoms with Gasteiger partial charge in [0.25, 0.3) is 0 Å². The van der Waals surface area contributed by atoms with Gasteiger partial charge in [0.15, 0.2) is 0 Å². The quantitative estimate of drug-likeness (QED) is 0.294. The first-order chi connectivity index (χ1) is 19.6. The molecule has 1 aliphatic heterocycles. The number of aromatic nitrogens is 6. The van der Waals surface area contributed by atoms with Crippen LogP contribution in [0.3, 0.4) is 0 Å². The monoisotopic (exact) mass is 579 g/mol. The first-order valence-corrected chi connectivity index (χ1v) is 14.4. The summed E-state index contributed by atoms with van der Waals surface area (Å²) in [4.78, 5) is 21.3. The highest BCUT2D eigenvalue weighted by Gasteiger charge is 2.48. The lowest BCUT2D eigenvalue weighted by Crippen LogP contribution is -2.43. The molecular formula is C29H28F3N7OS. The van der Waals surface area contributed by atoms with Crippen molar-refractivity contribution in [1.29, 1.82) is 0 Å². The lowest BCUT2D eigenvalue weighted by molar-refractivity contribution is -0.136. The van der Waals surface area contributed by atoms with Crippen LogP contribution in [0.15, 0.2) is 59.4 Å². The van der Waals surface area contributed by atoms with Gasteiger partial charge in [-0.15, -0.1) is 21.5 Å². The standard InChI is InChI=1S/C29H28F3N7OS/c1-18-10-28(11-18,26-35-34-16-36(26)2)20-4-3-5-21(9-20)38-14-24-22(29(30,31)32)8-19(13-39(24)27(38)40)12-37-7-6-23-25(15-37)41-17-33-23/h3-5,8-9,13-14,16-18H,6-7,10-12,15H2,1-2H3. The minimum Gasteiger partial charge on any atom is -0.320 e. The number of fused-ring (bicyclic) bond motifs is 2. The van der Waals surface area contributed by atoms with Crippen LogP contribution < -0.4 is 5.69 Å². The van der Waals surface area contributed by atoms with Crippen LogP contribution in [-0.4, -0.2) is 40.2 Å². The molecule has 0 atom stereocenters. The Bertz CT molecular complexity index is 1830. The molecule has 1 aliphatic carbocycles. The van der Waals surface area contributed by atoms with Crippen molar-refractivity contribution in [2.24, 2.45) is 13.0 Å². The maximum atomic E-state index is 14.3. The van der Waals surface area contributed by atoms with Crippen molar-refractivity contribution in [2.75, 3.05) is 6.54 Å². The van der Waals surface area contributed by atoms with Gasteiger partial charge in [0, 0.05) is 50.4 Å². The largest absolute Gasteiger partial charge is 0.418 e. The van der Waals surface area contributed by atoms with E-state index in [-0.39, 0.29) is 10.9 Å². The van der Waals surface area contributed by atoms with Crippen LogP contribution in [0.4, 0.5) is 13.2 Å². The zero-order valence-electron chi connectivity index (χ0n) is 22.6. The van der Waals surface area contributed by atoms with E-state index in [0.29, 0.717) is 36.8 Å². The summed E-state index contributed by atoms with van der Waals surface area (Å²) >= 11 is 1.56. The third-order valence-electron chi connectivity index (χ3n) is 8.50. The molecule has 5 aromatic rings. The number of thiazole rings is 1. The fourth-order valence-electron chi connectivity index (χ4n) is 6.66. The number of nitrogens with zero attached hydrogens (tertiary/aromatic N) is 7. The lowest BCUT2D eigenvalue weighted by Gasteiger charge is -2.46. The summed E-state index contributed by atoms with van der Waals surface area (Å²) < 4.78 is 47.3. The Hall–Kier alpha value is -3.77. The van der Waals surface area contributed by atoms with Gasteiger partial charge in [0.05, 0.1) is 33.4 Å². The number of halogens is 3. The van der Waals surface area contributed by atoms with Gasteiger partial charge in [0.2, 0.25) is 0 Å². The van der Waals surface area contributed by atoms with Gasteiger partial charge in [-0.2, -0.15) is 13.2 Å². The molecule has 1 fully saturated rings. The minimum atomic E-state index is -4.62. The van der Waals surface area contributed by atoms with Gasteiger partial charge < -0.3 is 4.57 Å². The molecule has 7 rings (SSSR count). The van der Waals surface area contributed by atoms with Crippen LogP contribution in [-0.2, 0) is 38.1 Å². The van der Waals surface area contributed by atoms with E-state index in [9.17, 15) is 18.0 Å². The Kier molecular flexibility index (Phi) is 5.98. The van der Waals surface area contributed by atoms with E-state index >= 15 is 0 Å². The summed E-state index contributed by atoms with van der Waals surface area (Å²) in [5.41, 5.74) is 2.90. The van der Waals surface area contributed by atoms with Crippen molar-refractivity contribution in [3.63, 3.8) is 0 Å². The average Bonchev–Trinajstić information content (AvgIpc) is 3.65. The Balaban J connectivity index is 1.30. The molecule has 1 aromatic carbocycles. The zero-order chi connectivity index (χ0) is 28.5.